The molecule has 3 rings (SSSR count). The Labute approximate surface area is 130 Å². The molecule has 0 aromatic carbocycles. The van der Waals surface area contributed by atoms with Crippen LogP contribution in [0.2, 0.25) is 0 Å². The van der Waals surface area contributed by atoms with Crippen LogP contribution in [0.4, 0.5) is 0 Å². The van der Waals surface area contributed by atoms with Gasteiger partial charge in [0.05, 0.1) is 18.2 Å². The summed E-state index contributed by atoms with van der Waals surface area (Å²) >= 11 is 1.34. The van der Waals surface area contributed by atoms with Gasteiger partial charge in [0, 0.05) is 11.4 Å². The minimum Gasteiger partial charge on any atom is -0.373 e. The van der Waals surface area contributed by atoms with E-state index in [9.17, 15) is 8.42 Å². The number of hydrogen-bond donors (Lipinski definition) is 2. The number of nitrogens with one attached hydrogen (secondary N) is 2. The molecule has 2 saturated heterocycles. The van der Waals surface area contributed by atoms with Crippen LogP contribution in [0.3, 0.4) is 0 Å². The molecule has 3 heterocycles. The zero-order valence-electron chi connectivity index (χ0n) is 12.2. The van der Waals surface area contributed by atoms with E-state index in [0.717, 1.165) is 43.6 Å². The van der Waals surface area contributed by atoms with Crippen LogP contribution in [0, 0.1) is 0 Å². The maximum atomic E-state index is 12.4. The summed E-state index contributed by atoms with van der Waals surface area (Å²) < 4.78 is 33.8. The zero-order chi connectivity index (χ0) is 14.9. The summed E-state index contributed by atoms with van der Waals surface area (Å²) in [6.07, 6.45) is 4.22. The Kier molecular flexibility index (Phi) is 4.66. The highest BCUT2D eigenvalue weighted by Gasteiger charge is 2.42. The summed E-state index contributed by atoms with van der Waals surface area (Å²) in [5.74, 6) is 0. The number of hydrogen-bond acceptors (Lipinski definition) is 5. The van der Waals surface area contributed by atoms with Gasteiger partial charge in [-0.15, -0.1) is 11.3 Å². The van der Waals surface area contributed by atoms with Crippen molar-refractivity contribution in [1.82, 2.24) is 10.0 Å². The summed E-state index contributed by atoms with van der Waals surface area (Å²) in [4.78, 5) is 1.05. The number of thiophene rings is 1. The van der Waals surface area contributed by atoms with Crippen LogP contribution >= 0.6 is 11.3 Å². The van der Waals surface area contributed by atoms with Crippen molar-refractivity contribution < 1.29 is 13.2 Å². The van der Waals surface area contributed by atoms with Crippen LogP contribution in [-0.2, 0) is 21.3 Å². The number of rotatable bonds is 7. The Hall–Kier alpha value is -0.470. The molecule has 0 spiro atoms. The molecule has 2 fully saturated rings. The van der Waals surface area contributed by atoms with Crippen molar-refractivity contribution >= 4 is 21.4 Å². The van der Waals surface area contributed by atoms with Gasteiger partial charge < -0.3 is 10.1 Å². The van der Waals surface area contributed by atoms with E-state index in [1.807, 2.05) is 6.07 Å². The van der Waals surface area contributed by atoms with Crippen molar-refractivity contribution in [3.8, 4) is 0 Å². The standard InChI is InChI=1S/C14H22N2O3S2/c1-2-7-15-9-11-4-6-14(20-11)21(17,18)16-12-8-10-3-5-13(12)19-10/h4,6,10,12-13,15-16H,2-3,5,7-9H2,1H3. The molecular weight excluding hydrogens is 308 g/mol. The summed E-state index contributed by atoms with van der Waals surface area (Å²) in [6, 6.07) is 3.53. The van der Waals surface area contributed by atoms with Crippen LogP contribution in [0.1, 0.15) is 37.5 Å². The highest BCUT2D eigenvalue weighted by atomic mass is 32.2. The molecule has 0 amide bonds. The Balaban J connectivity index is 1.62. The van der Waals surface area contributed by atoms with Crippen molar-refractivity contribution in [3.05, 3.63) is 17.0 Å². The molecule has 0 radical (unpaired) electrons. The highest BCUT2D eigenvalue weighted by molar-refractivity contribution is 7.91. The lowest BCUT2D eigenvalue weighted by atomic mass is 9.96. The first-order chi connectivity index (χ1) is 10.1. The summed E-state index contributed by atoms with van der Waals surface area (Å²) in [5, 5.41) is 3.29. The molecular formula is C14H22N2O3S2. The van der Waals surface area contributed by atoms with E-state index >= 15 is 0 Å². The number of ether oxygens (including phenoxy) is 1. The average molecular weight is 330 g/mol. The Morgan fingerprint density at radius 1 is 1.38 bits per heavy atom. The molecule has 1 aromatic rings. The van der Waals surface area contributed by atoms with E-state index in [1.165, 1.54) is 11.3 Å². The fourth-order valence-electron chi connectivity index (χ4n) is 3.01. The van der Waals surface area contributed by atoms with Crippen molar-refractivity contribution in [1.29, 1.82) is 0 Å². The van der Waals surface area contributed by atoms with Gasteiger partial charge in [-0.25, -0.2) is 13.1 Å². The van der Waals surface area contributed by atoms with E-state index in [2.05, 4.69) is 17.0 Å². The van der Waals surface area contributed by atoms with Crippen LogP contribution < -0.4 is 10.0 Å². The van der Waals surface area contributed by atoms with Gasteiger partial charge in [-0.05, 0) is 44.4 Å². The lowest BCUT2D eigenvalue weighted by Gasteiger charge is -2.19. The largest absolute Gasteiger partial charge is 0.373 e. The first-order valence-corrected chi connectivity index (χ1v) is 9.85. The van der Waals surface area contributed by atoms with E-state index in [1.54, 1.807) is 6.07 Å². The Morgan fingerprint density at radius 3 is 2.90 bits per heavy atom. The molecule has 118 valence electrons. The van der Waals surface area contributed by atoms with Gasteiger partial charge >= 0.3 is 0 Å². The van der Waals surface area contributed by atoms with Gasteiger partial charge in [-0.1, -0.05) is 6.92 Å². The van der Waals surface area contributed by atoms with Crippen molar-refractivity contribution in [3.63, 3.8) is 0 Å². The molecule has 1 aromatic heterocycles. The molecule has 3 atom stereocenters. The minimum atomic E-state index is -3.42. The fourth-order valence-corrected chi connectivity index (χ4v) is 5.62. The lowest BCUT2D eigenvalue weighted by molar-refractivity contribution is 0.0996. The first kappa shape index (κ1) is 15.4. The molecule has 2 aliphatic rings. The predicted molar refractivity (Wildman–Crippen MR) is 82.9 cm³/mol. The van der Waals surface area contributed by atoms with Crippen molar-refractivity contribution in [2.75, 3.05) is 6.54 Å². The van der Waals surface area contributed by atoms with Gasteiger partial charge in [-0.3, -0.25) is 0 Å². The first-order valence-electron chi connectivity index (χ1n) is 7.55. The van der Waals surface area contributed by atoms with Gasteiger partial charge in [0.15, 0.2) is 0 Å². The van der Waals surface area contributed by atoms with Crippen LogP contribution in [-0.4, -0.2) is 33.2 Å². The maximum absolute atomic E-state index is 12.4. The molecule has 3 unspecified atom stereocenters. The van der Waals surface area contributed by atoms with Crippen molar-refractivity contribution in [2.45, 2.75) is 61.6 Å². The van der Waals surface area contributed by atoms with Gasteiger partial charge in [-0.2, -0.15) is 0 Å². The number of sulfonamides is 1. The maximum Gasteiger partial charge on any atom is 0.250 e. The molecule has 21 heavy (non-hydrogen) atoms. The van der Waals surface area contributed by atoms with Crippen LogP contribution in [0.15, 0.2) is 16.3 Å². The van der Waals surface area contributed by atoms with E-state index in [0.29, 0.717) is 4.21 Å². The normalized spacial score (nSPS) is 28.3. The third-order valence-corrected chi connectivity index (χ3v) is 7.11. The highest BCUT2D eigenvalue weighted by Crippen LogP contribution is 2.35. The molecule has 2 bridgehead atoms. The SMILES string of the molecule is CCCNCc1ccc(S(=O)(=O)NC2CC3CCC2O3)s1. The van der Waals surface area contributed by atoms with Crippen LogP contribution in [0.25, 0.3) is 0 Å². The second-order valence-electron chi connectivity index (χ2n) is 5.73. The summed E-state index contributed by atoms with van der Waals surface area (Å²) in [5.41, 5.74) is 0. The molecule has 2 aliphatic heterocycles. The molecule has 0 saturated carbocycles. The molecule has 0 aliphatic carbocycles. The second kappa shape index (κ2) is 6.34. The third kappa shape index (κ3) is 3.48. The zero-order valence-corrected chi connectivity index (χ0v) is 13.8. The van der Waals surface area contributed by atoms with E-state index < -0.39 is 10.0 Å². The average Bonchev–Trinajstić information content (AvgIpc) is 3.13. The Bertz CT molecular complexity index is 585. The fraction of sp³-hybridized carbons (Fsp3) is 0.714. The number of fused-ring (bicyclic) bond motifs is 2. The van der Waals surface area contributed by atoms with E-state index in [4.69, 9.17) is 4.74 Å². The second-order valence-corrected chi connectivity index (χ2v) is 8.84. The molecule has 5 nitrogen and oxygen atoms in total. The smallest absolute Gasteiger partial charge is 0.250 e. The van der Waals surface area contributed by atoms with Crippen molar-refractivity contribution in [2.24, 2.45) is 0 Å². The van der Waals surface area contributed by atoms with Crippen LogP contribution in [0.5, 0.6) is 0 Å². The quantitative estimate of drug-likeness (QED) is 0.749. The van der Waals surface area contributed by atoms with Gasteiger partial charge in [0.25, 0.3) is 0 Å². The van der Waals surface area contributed by atoms with Gasteiger partial charge in [0.1, 0.15) is 4.21 Å². The topological polar surface area (TPSA) is 67.4 Å². The lowest BCUT2D eigenvalue weighted by Crippen LogP contribution is -2.41. The van der Waals surface area contributed by atoms with Gasteiger partial charge in [0.2, 0.25) is 10.0 Å². The minimum absolute atomic E-state index is 0.0579. The third-order valence-electron chi connectivity index (χ3n) is 4.04. The van der Waals surface area contributed by atoms with E-state index in [-0.39, 0.29) is 18.2 Å². The summed E-state index contributed by atoms with van der Waals surface area (Å²) in [6.45, 7) is 3.78. The predicted octanol–water partition coefficient (Wildman–Crippen LogP) is 1.85. The molecule has 2 N–H and O–H groups in total. The Morgan fingerprint density at radius 2 is 2.24 bits per heavy atom. The monoisotopic (exact) mass is 330 g/mol. The molecule has 7 heteroatoms. The summed E-state index contributed by atoms with van der Waals surface area (Å²) in [7, 11) is -3.42.